The van der Waals surface area contributed by atoms with E-state index in [1.54, 1.807) is 0 Å². The van der Waals surface area contributed by atoms with E-state index in [1.807, 2.05) is 12.8 Å². The fourth-order valence-corrected chi connectivity index (χ4v) is 10.4. The van der Waals surface area contributed by atoms with Gasteiger partial charge in [0, 0.05) is 44.3 Å². The average Bonchev–Trinajstić information content (AvgIpc) is 4.19. The number of amides is 3. The molecule has 0 unspecified atom stereocenters. The molecule has 0 aromatic heterocycles. The second-order valence-electron chi connectivity index (χ2n) is 17.9. The van der Waals surface area contributed by atoms with E-state index in [1.165, 1.54) is 34.4 Å². The molecule has 20 nitrogen and oxygen atoms in total. The van der Waals surface area contributed by atoms with Gasteiger partial charge in [-0.3, -0.25) is 43.5 Å². The molecule has 8 aliphatic heterocycles. The van der Waals surface area contributed by atoms with Gasteiger partial charge in [-0.15, -0.1) is 19.3 Å². The Bertz CT molecular complexity index is 2150. The van der Waals surface area contributed by atoms with Gasteiger partial charge in [0.05, 0.1) is 38.6 Å². The summed E-state index contributed by atoms with van der Waals surface area (Å²) < 4.78 is 42.1. The summed E-state index contributed by atoms with van der Waals surface area (Å²) in [5.74, 6) is 3.75. The number of hydrogen-bond donors (Lipinski definition) is 4. The van der Waals surface area contributed by atoms with E-state index in [9.17, 15) is 44.1 Å². The van der Waals surface area contributed by atoms with Crippen LogP contribution in [0.4, 0.5) is 0 Å². The molecule has 0 bridgehead atoms. The summed E-state index contributed by atoms with van der Waals surface area (Å²) in [5, 5.41) is 38.8. The van der Waals surface area contributed by atoms with Crippen LogP contribution in [-0.4, -0.2) is 167 Å². The third kappa shape index (κ3) is 8.15. The molecule has 12 atom stereocenters. The number of rotatable bonds is 6. The molecule has 358 valence electrons. The van der Waals surface area contributed by atoms with Crippen molar-refractivity contribution in [2.24, 2.45) is 0 Å². The fraction of sp³-hybridized carbons (Fsp3) is 0.617. The van der Waals surface area contributed by atoms with Crippen LogP contribution in [0, 0.1) is 37.0 Å². The van der Waals surface area contributed by atoms with E-state index in [0.29, 0.717) is 6.42 Å². The number of carbonyl (C=O) groups is 6. The highest BCUT2D eigenvalue weighted by Crippen LogP contribution is 2.55. The molecule has 10 aliphatic rings. The lowest BCUT2D eigenvalue weighted by Crippen LogP contribution is -2.55. The van der Waals surface area contributed by atoms with Gasteiger partial charge in [-0.05, 0) is 50.3 Å². The average molecular weight is 932 g/mol. The summed E-state index contributed by atoms with van der Waals surface area (Å²) in [6, 6.07) is 0. The molecule has 2 saturated carbocycles. The molecular weight excluding hydrogens is 879 g/mol. The molecule has 7 fully saturated rings. The molecule has 10 rings (SSSR count). The van der Waals surface area contributed by atoms with Crippen LogP contribution < -0.4 is 0 Å². The first-order valence-electron chi connectivity index (χ1n) is 22.4. The largest absolute Gasteiger partial charge is 0.394 e. The minimum Gasteiger partial charge on any atom is -0.394 e. The Labute approximate surface area is 386 Å². The number of terminal acetylenes is 3. The molecule has 3 amide bonds. The Morgan fingerprint density at radius 2 is 0.970 bits per heavy atom. The number of aliphatic hydroxyl groups excluding tert-OH is 3. The van der Waals surface area contributed by atoms with Gasteiger partial charge in [0.2, 0.25) is 28.9 Å². The molecule has 0 radical (unpaired) electrons. The maximum Gasteiger partial charge on any atom is 0.236 e. The predicted molar refractivity (Wildman–Crippen MR) is 225 cm³/mol. The van der Waals surface area contributed by atoms with E-state index in [0.717, 1.165) is 68.5 Å². The van der Waals surface area contributed by atoms with E-state index < -0.39 is 96.0 Å². The van der Waals surface area contributed by atoms with E-state index in [4.69, 9.17) is 57.5 Å². The first-order valence-corrected chi connectivity index (χ1v) is 22.4. The second-order valence-corrected chi connectivity index (χ2v) is 17.9. The topological polar surface area (TPSA) is 258 Å². The molecule has 2 spiro atoms. The van der Waals surface area contributed by atoms with Crippen molar-refractivity contribution in [3.63, 3.8) is 0 Å². The van der Waals surface area contributed by atoms with Crippen LogP contribution in [-0.2, 0) is 61.9 Å². The normalized spacial score (nSPS) is 39.9. The van der Waals surface area contributed by atoms with E-state index in [-0.39, 0.29) is 55.2 Å². The van der Waals surface area contributed by atoms with Gasteiger partial charge in [-0.2, -0.15) is 0 Å². The monoisotopic (exact) mass is 931 g/mol. The highest BCUT2D eigenvalue weighted by atomic mass is 16.8. The Morgan fingerprint density at radius 1 is 0.597 bits per heavy atom. The first kappa shape index (κ1) is 48.3. The Balaban J connectivity index is 0.000000138. The molecular formula is C47H53N3O17. The second kappa shape index (κ2) is 18.4. The van der Waals surface area contributed by atoms with E-state index >= 15 is 0 Å². The number of hydrogen-bond acceptors (Lipinski definition) is 17. The van der Waals surface area contributed by atoms with Gasteiger partial charge in [-0.1, -0.05) is 24.7 Å². The quantitative estimate of drug-likeness (QED) is 0.190. The van der Waals surface area contributed by atoms with Crippen LogP contribution >= 0.6 is 0 Å². The summed E-state index contributed by atoms with van der Waals surface area (Å²) in [5.41, 5.74) is -4.57. The van der Waals surface area contributed by atoms with Crippen molar-refractivity contribution in [2.45, 2.75) is 168 Å². The number of allylic oxidation sites excluding steroid dienone is 3. The van der Waals surface area contributed by atoms with Crippen LogP contribution in [0.1, 0.15) is 84.0 Å². The maximum absolute atomic E-state index is 12.4. The zero-order valence-electron chi connectivity index (χ0n) is 36.7. The van der Waals surface area contributed by atoms with Crippen molar-refractivity contribution in [1.82, 2.24) is 14.7 Å². The van der Waals surface area contributed by atoms with Crippen LogP contribution in [0.3, 0.4) is 0 Å². The van der Waals surface area contributed by atoms with Crippen molar-refractivity contribution >= 4 is 35.1 Å². The molecule has 4 N–H and O–H groups in total. The zero-order valence-corrected chi connectivity index (χ0v) is 36.7. The third-order valence-electron chi connectivity index (χ3n) is 13.8. The molecule has 2 aliphatic carbocycles. The number of ether oxygens (including phenoxy) is 7. The lowest BCUT2D eigenvalue weighted by atomic mass is 9.93. The Kier molecular flexibility index (Phi) is 13.3. The standard InChI is InChI=1S/C18H21NO5.C17H19NO6.C12H13NO6/c1-3-13-15-18(4-2,24-17(23-15)8-5-6-9-17)16(22-13)19-10-7-12(20)11-14(19)21;1-2-17-14(23-16(24-17)6-3-4-7-16)12(10-19)22-15(17)18-8-5-11(20)9-13(18)21;1-2-12(18)10(17)8(6-14)19-11(12)13-4-3-7(15)5-9(13)16/h2,7,10,13,15-16H,3,5-6,8-9,11H2,1H3;1,5,8,12,14-15,19H,3-4,6-7,9-10H2;1,3-4,8,10-11,14,17-18H,5-6H2/t13-,15-,16-,18-;12-,14-,15-,17-;8-,10-,11-,12-/m111/s1. The number of fused-ring (bicyclic) bond motifs is 2. The number of carbonyl (C=O) groups excluding carboxylic acids is 6. The summed E-state index contributed by atoms with van der Waals surface area (Å²) >= 11 is 0. The van der Waals surface area contributed by atoms with Crippen molar-refractivity contribution in [2.75, 3.05) is 13.2 Å². The Morgan fingerprint density at radius 3 is 1.33 bits per heavy atom. The summed E-state index contributed by atoms with van der Waals surface area (Å²) in [4.78, 5) is 74.0. The SMILES string of the molecule is C#C[C@@]1(O)[C@H](O)[C@@H](CO)O[C@H]1N1C=CC(=O)CC1=O.C#C[C@@]12OC3(CCCC3)O[C@@H]1[C@@H](CC)O[C@H]2N1C=CC(=O)CC1=O.C#C[C@@]12OC3(CCCC3)O[C@@H]1[C@@H](CO)O[C@H]2N1C=CC(=O)CC1=O. The van der Waals surface area contributed by atoms with Crippen LogP contribution in [0.5, 0.6) is 0 Å². The van der Waals surface area contributed by atoms with Gasteiger partial charge >= 0.3 is 0 Å². The van der Waals surface area contributed by atoms with Crippen LogP contribution in [0.25, 0.3) is 0 Å². The Hall–Kier alpha value is -5.12. The highest BCUT2D eigenvalue weighted by Gasteiger charge is 2.71. The molecule has 0 aromatic rings. The third-order valence-corrected chi connectivity index (χ3v) is 13.8. The highest BCUT2D eigenvalue weighted by molar-refractivity contribution is 6.07. The molecule has 5 saturated heterocycles. The van der Waals surface area contributed by atoms with Gasteiger partial charge in [0.15, 0.2) is 53.2 Å². The number of ketones is 3. The molecule has 20 heteroatoms. The number of aliphatic hydroxyl groups is 4. The number of nitrogens with zero attached hydrogens (tertiary/aromatic N) is 3. The maximum atomic E-state index is 12.4. The summed E-state index contributed by atoms with van der Waals surface area (Å²) in [6.45, 7) is 1.13. The van der Waals surface area contributed by atoms with Crippen molar-refractivity contribution in [3.05, 3.63) is 36.8 Å². The van der Waals surface area contributed by atoms with Crippen molar-refractivity contribution in [1.29, 1.82) is 0 Å². The molecule has 67 heavy (non-hydrogen) atoms. The van der Waals surface area contributed by atoms with Gasteiger partial charge in [-0.25, -0.2) is 0 Å². The smallest absolute Gasteiger partial charge is 0.236 e. The molecule has 8 heterocycles. The fourth-order valence-electron chi connectivity index (χ4n) is 10.4. The van der Waals surface area contributed by atoms with Gasteiger partial charge in [0.1, 0.15) is 30.5 Å². The first-order chi connectivity index (χ1) is 32.0. The summed E-state index contributed by atoms with van der Waals surface area (Å²) in [7, 11) is 0. The van der Waals surface area contributed by atoms with Gasteiger partial charge < -0.3 is 53.6 Å². The lowest BCUT2D eigenvalue weighted by molar-refractivity contribution is -0.230. The van der Waals surface area contributed by atoms with Crippen molar-refractivity contribution < 1.29 is 82.4 Å². The van der Waals surface area contributed by atoms with Gasteiger partial charge in [0.25, 0.3) is 0 Å². The minimum absolute atomic E-state index is 0.176. The summed E-state index contributed by atoms with van der Waals surface area (Å²) in [6.07, 6.45) is 24.0. The van der Waals surface area contributed by atoms with E-state index in [2.05, 4.69) is 11.8 Å². The zero-order chi connectivity index (χ0) is 48.1. The molecule has 0 aromatic carbocycles. The van der Waals surface area contributed by atoms with Crippen LogP contribution in [0.2, 0.25) is 0 Å². The lowest BCUT2D eigenvalue weighted by Gasteiger charge is -2.36. The van der Waals surface area contributed by atoms with Crippen molar-refractivity contribution in [3.8, 4) is 37.0 Å². The minimum atomic E-state index is -2.15. The van der Waals surface area contributed by atoms with Crippen LogP contribution in [0.15, 0.2) is 36.8 Å². The predicted octanol–water partition coefficient (Wildman–Crippen LogP) is -0.686.